The zero-order valence-corrected chi connectivity index (χ0v) is 18.2. The van der Waals surface area contributed by atoms with Gasteiger partial charge < -0.3 is 26.6 Å². The molecule has 6 N–H and O–H groups in total. The Morgan fingerprint density at radius 2 is 1.97 bits per heavy atom. The summed E-state index contributed by atoms with van der Waals surface area (Å²) in [5.74, 6) is -0.471. The predicted molar refractivity (Wildman–Crippen MR) is 123 cm³/mol. The highest BCUT2D eigenvalue weighted by molar-refractivity contribution is 6.06. The third-order valence-corrected chi connectivity index (χ3v) is 6.72. The highest BCUT2D eigenvalue weighted by Gasteiger charge is 2.64. The van der Waals surface area contributed by atoms with E-state index in [4.69, 9.17) is 16.2 Å². The van der Waals surface area contributed by atoms with Crippen LogP contribution in [0.25, 0.3) is 11.3 Å². The van der Waals surface area contributed by atoms with E-state index in [9.17, 15) is 9.90 Å². The molecule has 1 aliphatic carbocycles. The molecular weight excluding hydrogens is 420 g/mol. The van der Waals surface area contributed by atoms with Crippen molar-refractivity contribution in [3.05, 3.63) is 66.2 Å². The lowest BCUT2D eigenvalue weighted by atomic mass is 9.80. The molecule has 1 spiro atoms. The highest BCUT2D eigenvalue weighted by Crippen LogP contribution is 2.56. The van der Waals surface area contributed by atoms with Gasteiger partial charge in [-0.1, -0.05) is 30.3 Å². The lowest BCUT2D eigenvalue weighted by molar-refractivity contribution is -0.195. The molecule has 3 aromatic rings. The van der Waals surface area contributed by atoms with Gasteiger partial charge in [0.2, 0.25) is 0 Å². The molecule has 0 bridgehead atoms. The van der Waals surface area contributed by atoms with Gasteiger partial charge in [0.05, 0.1) is 35.5 Å². The molecule has 1 saturated heterocycles. The summed E-state index contributed by atoms with van der Waals surface area (Å²) in [5.41, 5.74) is 13.2. The molecule has 0 unspecified atom stereocenters. The average Bonchev–Trinajstić information content (AvgIpc) is 3.60. The van der Waals surface area contributed by atoms with Crippen molar-refractivity contribution >= 4 is 17.4 Å². The number of amides is 1. The van der Waals surface area contributed by atoms with Crippen molar-refractivity contribution in [1.29, 1.82) is 0 Å². The minimum absolute atomic E-state index is 0.0222. The number of ether oxygens (including phenoxy) is 1. The second-order valence-electron chi connectivity index (χ2n) is 8.86. The van der Waals surface area contributed by atoms with Crippen LogP contribution in [0.15, 0.2) is 55.0 Å². The van der Waals surface area contributed by atoms with E-state index < -0.39 is 23.2 Å². The Labute approximate surface area is 191 Å². The maximum atomic E-state index is 13.1. The van der Waals surface area contributed by atoms with E-state index in [0.717, 1.165) is 24.0 Å². The number of hydrogen-bond acceptors (Lipinski definition) is 8. The summed E-state index contributed by atoms with van der Waals surface area (Å²) in [6.07, 6.45) is 6.24. The molecule has 0 radical (unpaired) electrons. The molecule has 1 saturated carbocycles. The Bertz CT molecular complexity index is 1200. The Balaban J connectivity index is 1.42. The second kappa shape index (κ2) is 7.87. The fourth-order valence-corrected chi connectivity index (χ4v) is 4.45. The molecule has 9 heteroatoms. The van der Waals surface area contributed by atoms with Gasteiger partial charge in [0.25, 0.3) is 5.91 Å². The maximum absolute atomic E-state index is 13.1. The van der Waals surface area contributed by atoms with Gasteiger partial charge in [0.1, 0.15) is 5.60 Å². The summed E-state index contributed by atoms with van der Waals surface area (Å²) in [7, 11) is 0. The van der Waals surface area contributed by atoms with E-state index in [1.54, 1.807) is 25.4 Å². The molecule has 5 rings (SSSR count). The first-order valence-electron chi connectivity index (χ1n) is 10.9. The third-order valence-electron chi connectivity index (χ3n) is 6.72. The number of nitrogens with one attached hydrogen (secondary N) is 1. The number of hydrogen-bond donors (Lipinski definition) is 4. The van der Waals surface area contributed by atoms with Gasteiger partial charge in [-0.25, -0.2) is 9.97 Å². The number of anilines is 2. The van der Waals surface area contributed by atoms with E-state index in [1.807, 2.05) is 30.3 Å². The van der Waals surface area contributed by atoms with Crippen molar-refractivity contribution in [3.63, 3.8) is 0 Å². The van der Waals surface area contributed by atoms with Crippen LogP contribution in [0.1, 0.15) is 48.3 Å². The molecule has 3 heterocycles. The zero-order chi connectivity index (χ0) is 23.2. The van der Waals surface area contributed by atoms with Crippen molar-refractivity contribution in [3.8, 4) is 11.3 Å². The quantitative estimate of drug-likeness (QED) is 0.477. The Morgan fingerprint density at radius 3 is 2.70 bits per heavy atom. The van der Waals surface area contributed by atoms with Crippen LogP contribution < -0.4 is 16.8 Å². The Hall–Kier alpha value is -3.40. The van der Waals surface area contributed by atoms with Crippen molar-refractivity contribution in [2.24, 2.45) is 5.73 Å². The van der Waals surface area contributed by atoms with Crippen LogP contribution in [0.5, 0.6) is 0 Å². The number of carbonyl (C=O) groups excluding carboxylic acids is 1. The summed E-state index contributed by atoms with van der Waals surface area (Å²) in [4.78, 5) is 25.9. The van der Waals surface area contributed by atoms with Gasteiger partial charge in [-0.15, -0.1) is 0 Å². The van der Waals surface area contributed by atoms with E-state index in [2.05, 4.69) is 20.3 Å². The monoisotopic (exact) mass is 446 g/mol. The van der Waals surface area contributed by atoms with E-state index >= 15 is 0 Å². The largest absolute Gasteiger partial charge is 0.386 e. The van der Waals surface area contributed by atoms with Gasteiger partial charge in [0, 0.05) is 23.4 Å². The van der Waals surface area contributed by atoms with Crippen molar-refractivity contribution in [2.45, 2.75) is 49.5 Å². The van der Waals surface area contributed by atoms with Crippen LogP contribution in [0.4, 0.5) is 11.5 Å². The van der Waals surface area contributed by atoms with Gasteiger partial charge in [-0.3, -0.25) is 9.78 Å². The number of pyridine rings is 1. The van der Waals surface area contributed by atoms with Crippen LogP contribution in [-0.4, -0.2) is 43.2 Å². The van der Waals surface area contributed by atoms with E-state index in [0.29, 0.717) is 17.8 Å². The zero-order valence-electron chi connectivity index (χ0n) is 18.2. The average molecular weight is 447 g/mol. The number of nitrogens with zero attached hydrogens (tertiary/aromatic N) is 3. The minimum Gasteiger partial charge on any atom is -0.386 e. The molecular formula is C24H26N6O3. The Kier molecular flexibility index (Phi) is 5.12. The molecule has 2 aliphatic rings. The van der Waals surface area contributed by atoms with Crippen LogP contribution >= 0.6 is 0 Å². The lowest BCUT2D eigenvalue weighted by Gasteiger charge is -2.46. The first kappa shape index (κ1) is 21.4. The molecule has 9 nitrogen and oxygen atoms in total. The smallest absolute Gasteiger partial charge is 0.278 e. The molecule has 2 fully saturated rings. The van der Waals surface area contributed by atoms with Gasteiger partial charge >= 0.3 is 0 Å². The third kappa shape index (κ3) is 3.74. The number of nitrogen functional groups attached to an aromatic ring is 1. The number of rotatable bonds is 4. The first-order chi connectivity index (χ1) is 15.8. The predicted octanol–water partition coefficient (Wildman–Crippen LogP) is 2.45. The minimum atomic E-state index is -1.10. The summed E-state index contributed by atoms with van der Waals surface area (Å²) in [6.45, 7) is 1.73. The van der Waals surface area contributed by atoms with Gasteiger partial charge in [-0.05, 0) is 32.3 Å². The standard InChI is InChI=1S/C24H26N6O3/c1-23(32)19(25)11-18(33-24(23)8-9-24)15-7-10-27-12-17(15)30-22(31)20-21(26)28-13-16(29-20)14-5-3-2-4-6-14/h2-7,10,12-13,18-19,32H,8-9,11,25H2,1H3,(H2,26,28)(H,30,31)/t18-,19+,23+/m1/s1. The lowest BCUT2D eigenvalue weighted by Crippen LogP contribution is -2.60. The first-order valence-corrected chi connectivity index (χ1v) is 10.9. The number of nitrogens with two attached hydrogens (primary N) is 2. The summed E-state index contributed by atoms with van der Waals surface area (Å²) < 4.78 is 6.32. The number of aliphatic hydroxyl groups is 1. The molecule has 2 aromatic heterocycles. The summed E-state index contributed by atoms with van der Waals surface area (Å²) in [6, 6.07) is 10.8. The Morgan fingerprint density at radius 1 is 1.21 bits per heavy atom. The van der Waals surface area contributed by atoms with Crippen LogP contribution in [0, 0.1) is 0 Å². The molecule has 1 aromatic carbocycles. The van der Waals surface area contributed by atoms with Crippen LogP contribution in [-0.2, 0) is 4.74 Å². The van der Waals surface area contributed by atoms with Gasteiger partial charge in [-0.2, -0.15) is 0 Å². The van der Waals surface area contributed by atoms with Crippen LogP contribution in [0.2, 0.25) is 0 Å². The summed E-state index contributed by atoms with van der Waals surface area (Å²) in [5, 5.41) is 13.7. The fourth-order valence-electron chi connectivity index (χ4n) is 4.45. The van der Waals surface area contributed by atoms with Crippen molar-refractivity contribution < 1.29 is 14.6 Å². The molecule has 3 atom stereocenters. The van der Waals surface area contributed by atoms with Gasteiger partial charge in [0.15, 0.2) is 11.5 Å². The topological polar surface area (TPSA) is 149 Å². The fraction of sp³-hybridized carbons (Fsp3) is 0.333. The normalized spacial score (nSPS) is 25.5. The van der Waals surface area contributed by atoms with Crippen LogP contribution in [0.3, 0.4) is 0 Å². The number of carbonyl (C=O) groups is 1. The number of benzene rings is 1. The van der Waals surface area contributed by atoms with E-state index in [-0.39, 0.29) is 17.6 Å². The molecule has 1 aliphatic heterocycles. The van der Waals surface area contributed by atoms with Crippen molar-refractivity contribution in [2.75, 3.05) is 11.1 Å². The molecule has 33 heavy (non-hydrogen) atoms. The second-order valence-corrected chi connectivity index (χ2v) is 8.86. The molecule has 1 amide bonds. The maximum Gasteiger partial charge on any atom is 0.278 e. The van der Waals surface area contributed by atoms with E-state index in [1.165, 1.54) is 6.20 Å². The molecule has 170 valence electrons. The SMILES string of the molecule is C[C@]1(O)[C@@H](N)C[C@H](c2ccncc2NC(=O)c2nc(-c3ccccc3)cnc2N)OC12CC2. The number of aromatic nitrogens is 3. The van der Waals surface area contributed by atoms with Crippen molar-refractivity contribution in [1.82, 2.24) is 15.0 Å². The highest BCUT2D eigenvalue weighted by atomic mass is 16.5. The summed E-state index contributed by atoms with van der Waals surface area (Å²) >= 11 is 0.